The van der Waals surface area contributed by atoms with Crippen LogP contribution in [-0.2, 0) is 6.42 Å². The Morgan fingerprint density at radius 3 is 2.70 bits per heavy atom. The standard InChI is InChI=1S/C17H14FNO/c18-16-4-2-1-3-12(16)9-13-6-5-11-10-14(19)7-8-15(11)17(13)20/h1-4,7-10H,5-6,19H2/b13-9+. The monoisotopic (exact) mass is 267 g/mol. The number of ketones is 1. The van der Waals surface area contributed by atoms with Crippen molar-refractivity contribution in [2.75, 3.05) is 5.73 Å². The number of halogens is 1. The molecule has 0 bridgehead atoms. The predicted octanol–water partition coefficient (Wildman–Crippen LogP) is 3.62. The van der Waals surface area contributed by atoms with E-state index < -0.39 is 0 Å². The van der Waals surface area contributed by atoms with Gasteiger partial charge in [0.25, 0.3) is 0 Å². The highest BCUT2D eigenvalue weighted by Crippen LogP contribution is 2.28. The van der Waals surface area contributed by atoms with E-state index in [1.165, 1.54) is 6.07 Å². The van der Waals surface area contributed by atoms with Crippen LogP contribution in [0.4, 0.5) is 10.1 Å². The number of carbonyl (C=O) groups is 1. The molecule has 2 nitrogen and oxygen atoms in total. The smallest absolute Gasteiger partial charge is 0.189 e. The third-order valence-electron chi connectivity index (χ3n) is 3.56. The lowest BCUT2D eigenvalue weighted by Crippen LogP contribution is -2.14. The van der Waals surface area contributed by atoms with E-state index in [9.17, 15) is 9.18 Å². The molecule has 0 spiro atoms. The first kappa shape index (κ1) is 12.6. The molecule has 3 heteroatoms. The lowest BCUT2D eigenvalue weighted by atomic mass is 9.86. The summed E-state index contributed by atoms with van der Waals surface area (Å²) >= 11 is 0. The largest absolute Gasteiger partial charge is 0.399 e. The van der Waals surface area contributed by atoms with E-state index in [-0.39, 0.29) is 11.6 Å². The van der Waals surface area contributed by atoms with Gasteiger partial charge in [0.2, 0.25) is 0 Å². The summed E-state index contributed by atoms with van der Waals surface area (Å²) in [5, 5.41) is 0. The van der Waals surface area contributed by atoms with Crippen LogP contribution in [0.2, 0.25) is 0 Å². The molecule has 0 unspecified atom stereocenters. The van der Waals surface area contributed by atoms with Crippen molar-refractivity contribution >= 4 is 17.5 Å². The van der Waals surface area contributed by atoms with Gasteiger partial charge in [0.15, 0.2) is 5.78 Å². The SMILES string of the molecule is Nc1ccc2c(c1)CC/C(=C\c1ccccc1F)C2=O. The average Bonchev–Trinajstić information content (AvgIpc) is 2.44. The van der Waals surface area contributed by atoms with Gasteiger partial charge in [0.1, 0.15) is 5.82 Å². The Labute approximate surface area is 116 Å². The third-order valence-corrected chi connectivity index (χ3v) is 3.56. The van der Waals surface area contributed by atoms with Crippen LogP contribution in [0.25, 0.3) is 6.08 Å². The number of fused-ring (bicyclic) bond motifs is 1. The second-order valence-electron chi connectivity index (χ2n) is 4.94. The zero-order chi connectivity index (χ0) is 14.1. The third kappa shape index (κ3) is 2.23. The topological polar surface area (TPSA) is 43.1 Å². The molecule has 100 valence electrons. The fourth-order valence-corrected chi connectivity index (χ4v) is 2.52. The normalized spacial score (nSPS) is 16.2. The first-order valence-corrected chi connectivity index (χ1v) is 6.53. The number of anilines is 1. The number of nitrogen functional groups attached to an aromatic ring is 1. The fourth-order valence-electron chi connectivity index (χ4n) is 2.52. The maximum absolute atomic E-state index is 13.6. The van der Waals surface area contributed by atoms with Gasteiger partial charge in [-0.2, -0.15) is 0 Å². The van der Waals surface area contributed by atoms with E-state index in [2.05, 4.69) is 0 Å². The Balaban J connectivity index is 2.00. The van der Waals surface area contributed by atoms with Gasteiger partial charge in [-0.25, -0.2) is 4.39 Å². The quantitative estimate of drug-likeness (QED) is 0.633. The van der Waals surface area contributed by atoms with Gasteiger partial charge in [-0.15, -0.1) is 0 Å². The molecule has 20 heavy (non-hydrogen) atoms. The van der Waals surface area contributed by atoms with Crippen LogP contribution >= 0.6 is 0 Å². The molecule has 2 aromatic rings. The molecule has 1 aliphatic rings. The minimum Gasteiger partial charge on any atom is -0.399 e. The van der Waals surface area contributed by atoms with Crippen molar-refractivity contribution in [1.29, 1.82) is 0 Å². The summed E-state index contributed by atoms with van der Waals surface area (Å²) in [6.07, 6.45) is 3.02. The van der Waals surface area contributed by atoms with Crippen LogP contribution in [0.15, 0.2) is 48.0 Å². The zero-order valence-corrected chi connectivity index (χ0v) is 10.9. The van der Waals surface area contributed by atoms with Crippen LogP contribution in [0.1, 0.15) is 27.9 Å². The highest BCUT2D eigenvalue weighted by molar-refractivity contribution is 6.13. The van der Waals surface area contributed by atoms with Gasteiger partial charge in [0, 0.05) is 22.4 Å². The minimum absolute atomic E-state index is 0.0329. The van der Waals surface area contributed by atoms with Crippen molar-refractivity contribution in [1.82, 2.24) is 0 Å². The Morgan fingerprint density at radius 2 is 1.90 bits per heavy atom. The van der Waals surface area contributed by atoms with Crippen molar-refractivity contribution in [3.8, 4) is 0 Å². The molecule has 2 N–H and O–H groups in total. The predicted molar refractivity (Wildman–Crippen MR) is 77.9 cm³/mol. The first-order chi connectivity index (χ1) is 9.65. The van der Waals surface area contributed by atoms with Crippen LogP contribution in [0.5, 0.6) is 0 Å². The van der Waals surface area contributed by atoms with Crippen molar-refractivity contribution in [2.24, 2.45) is 0 Å². The minimum atomic E-state index is -0.309. The van der Waals surface area contributed by atoms with Crippen LogP contribution < -0.4 is 5.73 Å². The maximum atomic E-state index is 13.6. The number of benzene rings is 2. The van der Waals surface area contributed by atoms with Crippen molar-refractivity contribution in [3.63, 3.8) is 0 Å². The van der Waals surface area contributed by atoms with E-state index in [1.807, 2.05) is 6.07 Å². The van der Waals surface area contributed by atoms with E-state index in [1.54, 1.807) is 36.4 Å². The van der Waals surface area contributed by atoms with Crippen LogP contribution in [-0.4, -0.2) is 5.78 Å². The molecule has 2 aromatic carbocycles. The summed E-state index contributed by atoms with van der Waals surface area (Å²) in [4.78, 5) is 12.4. The molecule has 0 fully saturated rings. The molecule has 0 heterocycles. The fraction of sp³-hybridized carbons (Fsp3) is 0.118. The van der Waals surface area contributed by atoms with Crippen LogP contribution in [0, 0.1) is 5.82 Å². The maximum Gasteiger partial charge on any atom is 0.189 e. The van der Waals surface area contributed by atoms with Gasteiger partial charge in [-0.3, -0.25) is 4.79 Å². The molecule has 0 aromatic heterocycles. The molecule has 1 aliphatic carbocycles. The zero-order valence-electron chi connectivity index (χ0n) is 10.9. The lowest BCUT2D eigenvalue weighted by Gasteiger charge is -2.18. The van der Waals surface area contributed by atoms with Gasteiger partial charge in [-0.05, 0) is 48.7 Å². The number of hydrogen-bond acceptors (Lipinski definition) is 2. The Bertz CT molecular complexity index is 719. The van der Waals surface area contributed by atoms with E-state index >= 15 is 0 Å². The Morgan fingerprint density at radius 1 is 1.10 bits per heavy atom. The molecule has 0 atom stereocenters. The summed E-state index contributed by atoms with van der Waals surface area (Å²) in [7, 11) is 0. The molecule has 0 saturated heterocycles. The molecule has 3 rings (SSSR count). The molecular weight excluding hydrogens is 253 g/mol. The van der Waals surface area contributed by atoms with E-state index in [0.717, 1.165) is 12.0 Å². The number of rotatable bonds is 1. The van der Waals surface area contributed by atoms with Gasteiger partial charge < -0.3 is 5.73 Å². The molecule has 0 amide bonds. The van der Waals surface area contributed by atoms with Crippen LogP contribution in [0.3, 0.4) is 0 Å². The number of Topliss-reactive ketones (excluding diaryl/α,β-unsaturated/α-hetero) is 1. The first-order valence-electron chi connectivity index (χ1n) is 6.53. The molecule has 0 saturated carbocycles. The second-order valence-corrected chi connectivity index (χ2v) is 4.94. The highest BCUT2D eigenvalue weighted by Gasteiger charge is 2.22. The van der Waals surface area contributed by atoms with Crippen molar-refractivity contribution < 1.29 is 9.18 Å². The second kappa shape index (κ2) is 4.93. The number of hydrogen-bond donors (Lipinski definition) is 1. The van der Waals surface area contributed by atoms with E-state index in [4.69, 9.17) is 5.73 Å². The summed E-state index contributed by atoms with van der Waals surface area (Å²) in [6, 6.07) is 11.8. The molecule has 0 radical (unpaired) electrons. The van der Waals surface area contributed by atoms with Gasteiger partial charge in [0.05, 0.1) is 0 Å². The Hall–Kier alpha value is -2.42. The van der Waals surface area contributed by atoms with Gasteiger partial charge >= 0.3 is 0 Å². The van der Waals surface area contributed by atoms with E-state index in [0.29, 0.717) is 28.8 Å². The number of allylic oxidation sites excluding steroid dienone is 1. The summed E-state index contributed by atoms with van der Waals surface area (Å²) < 4.78 is 13.6. The molecule has 0 aliphatic heterocycles. The van der Waals surface area contributed by atoms with Gasteiger partial charge in [-0.1, -0.05) is 18.2 Å². The highest BCUT2D eigenvalue weighted by atomic mass is 19.1. The molecular formula is C17H14FNO. The Kier molecular flexibility index (Phi) is 3.11. The summed E-state index contributed by atoms with van der Waals surface area (Å²) in [5.41, 5.74) is 9.14. The number of nitrogens with two attached hydrogens (primary N) is 1. The average molecular weight is 267 g/mol. The summed E-state index contributed by atoms with van der Waals surface area (Å²) in [6.45, 7) is 0. The summed E-state index contributed by atoms with van der Waals surface area (Å²) in [5.74, 6) is -0.342. The van der Waals surface area contributed by atoms with Crippen molar-refractivity contribution in [3.05, 3.63) is 70.5 Å². The number of carbonyl (C=O) groups excluding carboxylic acids is 1. The number of aryl methyl sites for hydroxylation is 1. The lowest BCUT2D eigenvalue weighted by molar-refractivity contribution is 0.102. The van der Waals surface area contributed by atoms with Crippen molar-refractivity contribution in [2.45, 2.75) is 12.8 Å².